The first-order chi connectivity index (χ1) is 24.1. The Morgan fingerprint density at radius 2 is 1.62 bits per heavy atom. The number of benzene rings is 1. The van der Waals surface area contributed by atoms with Crippen molar-refractivity contribution in [2.75, 3.05) is 56.5 Å². The molecule has 264 valence electrons. The highest BCUT2D eigenvalue weighted by atomic mass is 35.5. The van der Waals surface area contributed by atoms with Crippen LogP contribution in [0.25, 0.3) is 0 Å². The molecule has 1 aromatic carbocycles. The molecule has 2 N–H and O–H groups in total. The van der Waals surface area contributed by atoms with Gasteiger partial charge in [0.2, 0.25) is 11.8 Å². The van der Waals surface area contributed by atoms with E-state index in [0.717, 1.165) is 88.3 Å². The van der Waals surface area contributed by atoms with Gasteiger partial charge in [0.15, 0.2) is 0 Å². The standard InChI is InChI=1S/C37H45ClN8O4/c1-43-22-27(19-28(23-43)41-30-21-40-44(2)36(50)33(30)38)24-3-5-25(6-4-24)35(49)46-17-13-37(14-18-46)11-15-45(16-12-37)31-9-7-26(20-39-31)29-8-10-32(47)42-34(29)48/h3-7,9,20-21,27-29,41H,8,10-19,22-23H2,1-2H3,(H,42,47,48)/t27-,28+,29?/m0/s1. The Bertz CT molecular complexity index is 1800. The number of anilines is 2. The van der Waals surface area contributed by atoms with E-state index in [1.54, 1.807) is 19.4 Å². The van der Waals surface area contributed by atoms with Gasteiger partial charge in [0.1, 0.15) is 10.8 Å². The molecule has 6 heterocycles. The Balaban J connectivity index is 0.901. The van der Waals surface area contributed by atoms with Crippen molar-refractivity contribution < 1.29 is 14.4 Å². The van der Waals surface area contributed by atoms with E-state index in [2.05, 4.69) is 49.7 Å². The molecule has 4 aliphatic rings. The second-order valence-electron chi connectivity index (χ2n) is 14.7. The van der Waals surface area contributed by atoms with Crippen LogP contribution in [0, 0.1) is 5.41 Å². The van der Waals surface area contributed by atoms with Crippen LogP contribution >= 0.6 is 11.6 Å². The number of pyridine rings is 1. The summed E-state index contributed by atoms with van der Waals surface area (Å²) in [4.78, 5) is 60.9. The third-order valence-corrected chi connectivity index (χ3v) is 11.7. The Labute approximate surface area is 297 Å². The van der Waals surface area contributed by atoms with Crippen LogP contribution in [0.2, 0.25) is 5.02 Å². The molecule has 1 unspecified atom stereocenters. The molecular weight excluding hydrogens is 656 g/mol. The SMILES string of the molecule is CN1C[C@H](Nc2cnn(C)c(=O)c2Cl)C[C@H](c2ccc(C(=O)N3CCC4(CC3)CCN(c3ccc(C5CCC(=O)NC5=O)cn3)CC4)cc2)C1. The maximum absolute atomic E-state index is 13.6. The molecule has 13 heteroatoms. The summed E-state index contributed by atoms with van der Waals surface area (Å²) in [5.41, 5.74) is 3.25. The van der Waals surface area contributed by atoms with E-state index in [9.17, 15) is 19.2 Å². The minimum Gasteiger partial charge on any atom is -0.378 e. The van der Waals surface area contributed by atoms with Gasteiger partial charge in [0.25, 0.3) is 11.5 Å². The van der Waals surface area contributed by atoms with Crippen molar-refractivity contribution in [3.8, 4) is 0 Å². The minimum absolute atomic E-state index is 0.0947. The normalized spacial score (nSPS) is 24.3. The van der Waals surface area contributed by atoms with Gasteiger partial charge in [-0.15, -0.1) is 0 Å². The monoisotopic (exact) mass is 700 g/mol. The number of imide groups is 1. The second kappa shape index (κ2) is 14.1. The highest BCUT2D eigenvalue weighted by molar-refractivity contribution is 6.32. The van der Waals surface area contributed by atoms with E-state index in [1.807, 2.05) is 29.2 Å². The van der Waals surface area contributed by atoms with Crippen molar-refractivity contribution in [1.29, 1.82) is 0 Å². The number of hydrogen-bond donors (Lipinski definition) is 2. The summed E-state index contributed by atoms with van der Waals surface area (Å²) in [6.45, 7) is 5.09. The maximum Gasteiger partial charge on any atom is 0.287 e. The molecule has 4 saturated heterocycles. The second-order valence-corrected chi connectivity index (χ2v) is 15.0. The van der Waals surface area contributed by atoms with Gasteiger partial charge in [-0.2, -0.15) is 5.10 Å². The van der Waals surface area contributed by atoms with E-state index in [4.69, 9.17) is 11.6 Å². The van der Waals surface area contributed by atoms with E-state index < -0.39 is 0 Å². The molecule has 3 atom stereocenters. The van der Waals surface area contributed by atoms with Crippen LogP contribution in [0.3, 0.4) is 0 Å². The molecule has 12 nitrogen and oxygen atoms in total. The van der Waals surface area contributed by atoms with Crippen LogP contribution in [-0.4, -0.2) is 94.6 Å². The van der Waals surface area contributed by atoms with E-state index >= 15 is 0 Å². The van der Waals surface area contributed by atoms with Crippen molar-refractivity contribution in [3.05, 3.63) is 80.9 Å². The molecule has 3 aromatic rings. The van der Waals surface area contributed by atoms with Crippen LogP contribution in [-0.2, 0) is 16.6 Å². The molecule has 0 radical (unpaired) electrons. The highest BCUT2D eigenvalue weighted by Gasteiger charge is 2.39. The lowest BCUT2D eigenvalue weighted by Gasteiger charge is -2.47. The van der Waals surface area contributed by atoms with Crippen LogP contribution in [0.1, 0.15) is 78.3 Å². The van der Waals surface area contributed by atoms with Gasteiger partial charge >= 0.3 is 0 Å². The van der Waals surface area contributed by atoms with Crippen LogP contribution < -0.4 is 21.1 Å². The van der Waals surface area contributed by atoms with Crippen molar-refractivity contribution in [1.82, 2.24) is 29.9 Å². The predicted octanol–water partition coefficient (Wildman–Crippen LogP) is 3.77. The molecule has 3 amide bonds. The first kappa shape index (κ1) is 34.2. The van der Waals surface area contributed by atoms with Gasteiger partial charge in [0, 0.05) is 70.5 Å². The molecule has 4 aliphatic heterocycles. The summed E-state index contributed by atoms with van der Waals surface area (Å²) in [7, 11) is 3.67. The number of carbonyl (C=O) groups excluding carboxylic acids is 3. The smallest absolute Gasteiger partial charge is 0.287 e. The molecule has 50 heavy (non-hydrogen) atoms. The summed E-state index contributed by atoms with van der Waals surface area (Å²) in [5.74, 6) is 0.516. The lowest BCUT2D eigenvalue weighted by molar-refractivity contribution is -0.134. The van der Waals surface area contributed by atoms with Gasteiger partial charge < -0.3 is 20.0 Å². The predicted molar refractivity (Wildman–Crippen MR) is 192 cm³/mol. The molecule has 0 aliphatic carbocycles. The van der Waals surface area contributed by atoms with Crippen LogP contribution in [0.5, 0.6) is 0 Å². The Hall–Kier alpha value is -4.29. The van der Waals surface area contributed by atoms with E-state index in [1.165, 1.54) is 10.2 Å². The Morgan fingerprint density at radius 1 is 0.920 bits per heavy atom. The lowest BCUT2D eigenvalue weighted by atomic mass is 9.71. The number of likely N-dealkylation sites (tertiary alicyclic amines) is 2. The largest absolute Gasteiger partial charge is 0.378 e. The summed E-state index contributed by atoms with van der Waals surface area (Å²) in [5, 5.41) is 10.1. The highest BCUT2D eigenvalue weighted by Crippen LogP contribution is 2.42. The third kappa shape index (κ3) is 7.14. The van der Waals surface area contributed by atoms with E-state index in [0.29, 0.717) is 18.5 Å². The summed E-state index contributed by atoms with van der Waals surface area (Å²) < 4.78 is 1.23. The number of likely N-dealkylation sites (N-methyl/N-ethyl adjacent to an activating group) is 1. The maximum atomic E-state index is 13.6. The zero-order chi connectivity index (χ0) is 35.0. The third-order valence-electron chi connectivity index (χ3n) is 11.4. The van der Waals surface area contributed by atoms with Gasteiger partial charge in [-0.3, -0.25) is 24.5 Å². The molecule has 0 bridgehead atoms. The number of aromatic nitrogens is 3. The van der Waals surface area contributed by atoms with Gasteiger partial charge in [-0.25, -0.2) is 9.67 Å². The molecule has 7 rings (SSSR count). The average Bonchev–Trinajstić information content (AvgIpc) is 3.12. The average molecular weight is 701 g/mol. The first-order valence-electron chi connectivity index (χ1n) is 17.7. The van der Waals surface area contributed by atoms with Crippen LogP contribution in [0.15, 0.2) is 53.6 Å². The summed E-state index contributed by atoms with van der Waals surface area (Å²) in [6, 6.07) is 12.2. The topological polar surface area (TPSA) is 133 Å². The zero-order valence-electron chi connectivity index (χ0n) is 28.7. The number of nitrogens with zero attached hydrogens (tertiary/aromatic N) is 6. The molecule has 1 spiro atoms. The quantitative estimate of drug-likeness (QED) is 0.369. The number of carbonyl (C=O) groups is 3. The fourth-order valence-electron chi connectivity index (χ4n) is 8.27. The van der Waals surface area contributed by atoms with E-state index in [-0.39, 0.29) is 51.6 Å². The summed E-state index contributed by atoms with van der Waals surface area (Å²) >= 11 is 6.32. The number of halogens is 1. The van der Waals surface area contributed by atoms with Gasteiger partial charge in [-0.1, -0.05) is 29.8 Å². The molecule has 4 fully saturated rings. The number of aryl methyl sites for hydroxylation is 1. The summed E-state index contributed by atoms with van der Waals surface area (Å²) in [6.07, 6.45) is 9.27. The number of nitrogens with one attached hydrogen (secondary N) is 2. The fourth-order valence-corrected chi connectivity index (χ4v) is 8.50. The fraction of sp³-hybridized carbons (Fsp3) is 0.514. The molecule has 2 aromatic heterocycles. The van der Waals surface area contributed by atoms with Crippen molar-refractivity contribution in [2.24, 2.45) is 12.5 Å². The number of hydrogen-bond acceptors (Lipinski definition) is 9. The zero-order valence-corrected chi connectivity index (χ0v) is 29.5. The molecule has 0 saturated carbocycles. The van der Waals surface area contributed by atoms with Crippen molar-refractivity contribution in [2.45, 2.75) is 62.8 Å². The van der Waals surface area contributed by atoms with Crippen molar-refractivity contribution >= 4 is 40.8 Å². The van der Waals surface area contributed by atoms with Gasteiger partial charge in [0.05, 0.1) is 17.8 Å². The lowest BCUT2D eigenvalue weighted by Crippen LogP contribution is -2.48. The van der Waals surface area contributed by atoms with Crippen LogP contribution in [0.4, 0.5) is 11.5 Å². The minimum atomic E-state index is -0.322. The number of amides is 3. The molecular formula is C37H45ClN8O4. The Kier molecular flexibility index (Phi) is 9.67. The number of rotatable bonds is 6. The Morgan fingerprint density at radius 3 is 2.30 bits per heavy atom. The van der Waals surface area contributed by atoms with Gasteiger partial charge in [-0.05, 0) is 86.2 Å². The first-order valence-corrected chi connectivity index (χ1v) is 18.1. The van der Waals surface area contributed by atoms with Crippen molar-refractivity contribution in [3.63, 3.8) is 0 Å². The number of piperidine rings is 4.